The van der Waals surface area contributed by atoms with Crippen molar-refractivity contribution in [3.05, 3.63) is 98.7 Å². The van der Waals surface area contributed by atoms with Crippen LogP contribution in [0.3, 0.4) is 0 Å². The van der Waals surface area contributed by atoms with Crippen LogP contribution < -0.4 is 30.7 Å². The molecule has 2 aliphatic rings. The van der Waals surface area contributed by atoms with Crippen molar-refractivity contribution < 1.29 is 42.1 Å². The molecule has 21 heteroatoms. The van der Waals surface area contributed by atoms with Crippen LogP contribution in [0.1, 0.15) is 71.4 Å². The van der Waals surface area contributed by atoms with Gasteiger partial charge in [-0.25, -0.2) is 18.4 Å². The van der Waals surface area contributed by atoms with Gasteiger partial charge in [0.15, 0.2) is 0 Å². The third kappa shape index (κ3) is 11.5. The van der Waals surface area contributed by atoms with Crippen LogP contribution in [0.25, 0.3) is 6.08 Å². The van der Waals surface area contributed by atoms with E-state index in [2.05, 4.69) is 36.0 Å². The van der Waals surface area contributed by atoms with Crippen molar-refractivity contribution in [1.29, 1.82) is 0 Å². The Labute approximate surface area is 354 Å². The van der Waals surface area contributed by atoms with Crippen LogP contribution in [0.2, 0.25) is 0 Å². The Hall–Kier alpha value is -6.74. The van der Waals surface area contributed by atoms with Crippen molar-refractivity contribution in [2.24, 2.45) is 0 Å². The Morgan fingerprint density at radius 3 is 2.59 bits per heavy atom. The number of fused-ring (bicyclic) bond motifs is 1. The molecule has 0 spiro atoms. The Morgan fingerprint density at radius 1 is 1.05 bits per heavy atom. The molecule has 4 aromatic rings. The largest absolute Gasteiger partial charge is 0.478 e. The molecule has 0 bridgehead atoms. The summed E-state index contributed by atoms with van der Waals surface area (Å²) in [6.45, 7) is 1.33. The average Bonchev–Trinajstić information content (AvgIpc) is 3.86. The smallest absolute Gasteiger partial charge is 0.324 e. The molecule has 6 rings (SSSR count). The molecule has 0 aliphatic carbocycles. The van der Waals surface area contributed by atoms with Crippen LogP contribution in [0.15, 0.2) is 71.8 Å². The maximum absolute atomic E-state index is 13.1. The van der Waals surface area contributed by atoms with Gasteiger partial charge in [0.2, 0.25) is 29.4 Å². The number of imide groups is 1. The number of aryl methyl sites for hydroxylation is 1. The number of amides is 5. The number of thiophene rings is 1. The highest BCUT2D eigenvalue weighted by atomic mass is 32.2. The van der Waals surface area contributed by atoms with E-state index in [1.807, 2.05) is 6.07 Å². The van der Waals surface area contributed by atoms with E-state index < -0.39 is 32.8 Å². The highest BCUT2D eigenvalue weighted by Crippen LogP contribution is 2.32. The van der Waals surface area contributed by atoms with Gasteiger partial charge in [-0.05, 0) is 80.6 Å². The number of nitrogens with one attached hydrogen (secondary N) is 5. The number of benzene rings is 2. The second-order valence-electron chi connectivity index (χ2n) is 14.0. The van der Waals surface area contributed by atoms with Gasteiger partial charge in [0.25, 0.3) is 21.8 Å². The summed E-state index contributed by atoms with van der Waals surface area (Å²) < 4.78 is 33.9. The van der Waals surface area contributed by atoms with E-state index in [9.17, 15) is 42.5 Å². The topological polar surface area (TPSA) is 261 Å². The third-order valence-corrected chi connectivity index (χ3v) is 12.1. The summed E-state index contributed by atoms with van der Waals surface area (Å²) in [4.78, 5) is 82.6. The fourth-order valence-electron chi connectivity index (χ4n) is 6.66. The Kier molecular flexibility index (Phi) is 14.4. The maximum atomic E-state index is 13.1. The number of anilines is 3. The number of aromatic nitrogens is 2. The molecule has 2 aliphatic heterocycles. The minimum Gasteiger partial charge on any atom is -0.478 e. The number of carbonyl (C=O) groups excluding carboxylic acids is 5. The molecule has 5 N–H and O–H groups in total. The molecular formula is C40H43N9O10S2. The van der Waals surface area contributed by atoms with Crippen LogP contribution in [0, 0.1) is 10.1 Å². The minimum atomic E-state index is -4.12. The summed E-state index contributed by atoms with van der Waals surface area (Å²) in [5.74, 6) is -1.75. The van der Waals surface area contributed by atoms with Gasteiger partial charge in [-0.3, -0.25) is 44.1 Å². The summed E-state index contributed by atoms with van der Waals surface area (Å²) in [5.41, 5.74) is 3.05. The lowest BCUT2D eigenvalue weighted by Gasteiger charge is -2.29. The second-order valence-corrected chi connectivity index (χ2v) is 16.8. The number of ether oxygens (including phenoxy) is 1. The van der Waals surface area contributed by atoms with Crippen molar-refractivity contribution in [2.45, 2.75) is 68.8 Å². The van der Waals surface area contributed by atoms with Crippen molar-refractivity contribution in [2.75, 3.05) is 35.6 Å². The molecule has 61 heavy (non-hydrogen) atoms. The lowest BCUT2D eigenvalue weighted by Crippen LogP contribution is -2.52. The van der Waals surface area contributed by atoms with Gasteiger partial charge >= 0.3 is 5.00 Å². The molecule has 1 unspecified atom stereocenters. The third-order valence-electron chi connectivity index (χ3n) is 9.75. The number of piperidine rings is 1. The zero-order valence-corrected chi connectivity index (χ0v) is 34.6. The molecule has 1 atom stereocenters. The Bertz CT molecular complexity index is 2460. The molecule has 4 heterocycles. The molecule has 0 saturated carbocycles. The number of hydrogen-bond donors (Lipinski definition) is 5. The van der Waals surface area contributed by atoms with Crippen LogP contribution >= 0.6 is 11.3 Å². The zero-order chi connectivity index (χ0) is 43.5. The molecule has 5 amide bonds. The molecule has 2 aromatic heterocycles. The fraction of sp³-hybridized carbons (Fsp3) is 0.325. The zero-order valence-electron chi connectivity index (χ0n) is 33.0. The highest BCUT2D eigenvalue weighted by molar-refractivity contribution is 7.92. The Balaban J connectivity index is 0.873. The number of unbranched alkanes of at least 4 members (excludes halogenated alkanes) is 2. The standard InChI is InChI=1S/C40H43N9O10S2/c1-59-39-37(47-61(57,58)28-15-11-25(12-16-28)44-34(51)18-13-27-14-20-36(60-27)49(55)56)43-23-26(45-39)7-6-22-42-33(50)10-3-2-4-21-41-31-9-5-8-29-30(31)24-48(40(29)54)32-17-19-35(52)46-38(32)53/h5,8-9,11-16,18,20,23,32,41H,2-4,6-7,10,17,19,21-22,24H2,1H3,(H,42,50)(H,43,47)(H,44,51)(H,46,52,53)/b18-13+. The number of nitro groups is 1. The quantitative estimate of drug-likeness (QED) is 0.0272. The van der Waals surface area contributed by atoms with Gasteiger partial charge < -0.3 is 25.6 Å². The second kappa shape index (κ2) is 20.0. The molecule has 320 valence electrons. The first kappa shape index (κ1) is 43.8. The Morgan fingerprint density at radius 2 is 1.85 bits per heavy atom. The first-order valence-corrected chi connectivity index (χ1v) is 21.6. The van der Waals surface area contributed by atoms with Crippen molar-refractivity contribution in [3.63, 3.8) is 0 Å². The van der Waals surface area contributed by atoms with Gasteiger partial charge in [-0.15, -0.1) is 0 Å². The predicted molar refractivity (Wildman–Crippen MR) is 225 cm³/mol. The molecule has 19 nitrogen and oxygen atoms in total. The summed E-state index contributed by atoms with van der Waals surface area (Å²) in [6, 6.07) is 13.0. The number of carbonyl (C=O) groups is 5. The van der Waals surface area contributed by atoms with Crippen molar-refractivity contribution in [3.8, 4) is 5.88 Å². The fourth-order valence-corrected chi connectivity index (χ4v) is 8.39. The van der Waals surface area contributed by atoms with Gasteiger partial charge in [0.05, 0.1) is 28.8 Å². The maximum Gasteiger partial charge on any atom is 0.324 e. The number of methoxy groups -OCH3 is 1. The van der Waals surface area contributed by atoms with Crippen molar-refractivity contribution >= 4 is 79.2 Å². The van der Waals surface area contributed by atoms with Gasteiger partial charge in [-0.2, -0.15) is 0 Å². The summed E-state index contributed by atoms with van der Waals surface area (Å²) >= 11 is 0.921. The number of sulfonamides is 1. The van der Waals surface area contributed by atoms with E-state index in [0.717, 1.165) is 35.4 Å². The van der Waals surface area contributed by atoms with Gasteiger partial charge in [-0.1, -0.05) is 23.8 Å². The molecule has 1 fully saturated rings. The molecule has 1 saturated heterocycles. The van der Waals surface area contributed by atoms with Gasteiger partial charge in [0.1, 0.15) is 6.04 Å². The first-order chi connectivity index (χ1) is 29.3. The van der Waals surface area contributed by atoms with E-state index >= 15 is 0 Å². The van der Waals surface area contributed by atoms with Crippen LogP contribution in [-0.2, 0) is 42.2 Å². The summed E-state index contributed by atoms with van der Waals surface area (Å²) in [6.07, 6.45) is 8.22. The first-order valence-electron chi connectivity index (χ1n) is 19.3. The van der Waals surface area contributed by atoms with E-state index in [4.69, 9.17) is 4.74 Å². The minimum absolute atomic E-state index is 0.0364. The van der Waals surface area contributed by atoms with Gasteiger partial charge in [0, 0.05) is 72.0 Å². The SMILES string of the molecule is COc1nc(CCCNC(=O)CCCCCNc2cccc3c2CN(C2CCC(=O)NC2=O)C3=O)cnc1NS(=O)(=O)c1ccc(NC(=O)/C=C/c2ccc([N+](=O)[O-])s2)cc1. The molecule has 0 radical (unpaired) electrons. The molecular weight excluding hydrogens is 831 g/mol. The van der Waals surface area contributed by atoms with Crippen LogP contribution in [-0.4, -0.2) is 84.0 Å². The monoisotopic (exact) mass is 873 g/mol. The molecule has 2 aromatic carbocycles. The van der Waals surface area contributed by atoms with Crippen LogP contribution in [0.4, 0.5) is 22.2 Å². The normalized spacial score (nSPS) is 15.0. The van der Waals surface area contributed by atoms with E-state index in [0.29, 0.717) is 67.0 Å². The lowest BCUT2D eigenvalue weighted by atomic mass is 10.0. The lowest BCUT2D eigenvalue weighted by molar-refractivity contribution is -0.380. The van der Waals surface area contributed by atoms with E-state index in [1.165, 1.54) is 66.8 Å². The van der Waals surface area contributed by atoms with Crippen molar-refractivity contribution in [1.82, 2.24) is 25.5 Å². The highest BCUT2D eigenvalue weighted by Gasteiger charge is 2.39. The average molecular weight is 874 g/mol. The van der Waals surface area contributed by atoms with E-state index in [-0.39, 0.29) is 52.3 Å². The predicted octanol–water partition coefficient (Wildman–Crippen LogP) is 4.39. The summed E-state index contributed by atoms with van der Waals surface area (Å²) in [5, 5.41) is 22.0. The van der Waals surface area contributed by atoms with E-state index in [1.54, 1.807) is 12.1 Å². The number of nitrogens with zero attached hydrogens (tertiary/aromatic N) is 4. The van der Waals surface area contributed by atoms with Crippen LogP contribution in [0.5, 0.6) is 5.88 Å². The summed E-state index contributed by atoms with van der Waals surface area (Å²) in [7, 11) is -2.78. The number of rotatable bonds is 20. The number of hydrogen-bond acceptors (Lipinski definition) is 14.